The van der Waals surface area contributed by atoms with E-state index in [9.17, 15) is 45.3 Å². The number of phenols is 2. The van der Waals surface area contributed by atoms with Gasteiger partial charge in [0, 0.05) is 29.6 Å². The van der Waals surface area contributed by atoms with Gasteiger partial charge in [0.05, 0.1) is 36.3 Å². The fourth-order valence-electron chi connectivity index (χ4n) is 9.80. The van der Waals surface area contributed by atoms with E-state index in [0.717, 1.165) is 35.3 Å². The predicted octanol–water partition coefficient (Wildman–Crippen LogP) is 2.74. The molecule has 13 heteroatoms. The van der Waals surface area contributed by atoms with Crippen molar-refractivity contribution >= 4 is 22.5 Å². The monoisotopic (exact) mass is 696 g/mol. The van der Waals surface area contributed by atoms with E-state index in [2.05, 4.69) is 13.0 Å². The standard InChI is InChI=1S/C37H44O13/c1-16-22-12-37(48-14-19-4-5-24(28(19)22)36(7-8-38)15-47-9-6-23(16)36)26(13-39)50-35(32(43)33(37)44)49-25-11-20(34(45)46)10-21-29(25)31(42)27(18(3)40)17(2)30(21)41/h5,10-11,16,22-23,26,32-33,35,38-39,41-44H,4,6-9,12-15H2,1-3H3,(H,45,46)/t16-,22-,23-,26+,32+,33+,35+,36+,37+/m0/s1. The minimum absolute atomic E-state index is 0.0160. The molecular formula is C37H44O13. The van der Waals surface area contributed by atoms with E-state index >= 15 is 0 Å². The Morgan fingerprint density at radius 1 is 1.12 bits per heavy atom. The molecule has 50 heavy (non-hydrogen) atoms. The number of allylic oxidation sites excluding steroid dienone is 2. The van der Waals surface area contributed by atoms with E-state index in [0.29, 0.717) is 26.1 Å². The van der Waals surface area contributed by atoms with Gasteiger partial charge in [-0.25, -0.2) is 4.79 Å². The van der Waals surface area contributed by atoms with Crippen LogP contribution in [0.3, 0.4) is 0 Å². The Morgan fingerprint density at radius 2 is 1.88 bits per heavy atom. The van der Waals surface area contributed by atoms with Crippen LogP contribution in [0.5, 0.6) is 17.2 Å². The minimum Gasteiger partial charge on any atom is -0.507 e. The summed E-state index contributed by atoms with van der Waals surface area (Å²) in [5, 5.41) is 76.3. The molecule has 1 spiro atoms. The van der Waals surface area contributed by atoms with E-state index in [4.69, 9.17) is 18.9 Å². The first-order valence-corrected chi connectivity index (χ1v) is 17.1. The van der Waals surface area contributed by atoms with Gasteiger partial charge in [-0.1, -0.05) is 13.0 Å². The Hall–Kier alpha value is -3.56. The van der Waals surface area contributed by atoms with E-state index in [1.54, 1.807) is 0 Å². The molecule has 0 radical (unpaired) electrons. The third kappa shape index (κ3) is 4.93. The summed E-state index contributed by atoms with van der Waals surface area (Å²) in [4.78, 5) is 24.5. The number of ether oxygens (including phenoxy) is 4. The van der Waals surface area contributed by atoms with Crippen molar-refractivity contribution in [2.75, 3.05) is 33.0 Å². The number of Topliss-reactive ketones (excluding diaryl/α,β-unsaturated/α-hetero) is 1. The van der Waals surface area contributed by atoms with Gasteiger partial charge in [-0.3, -0.25) is 4.79 Å². The quantitative estimate of drug-likeness (QED) is 0.164. The van der Waals surface area contributed by atoms with Crippen LogP contribution in [0.15, 0.2) is 34.9 Å². The van der Waals surface area contributed by atoms with Gasteiger partial charge >= 0.3 is 5.97 Å². The summed E-state index contributed by atoms with van der Waals surface area (Å²) in [5.74, 6) is -3.16. The number of hydrogen-bond acceptors (Lipinski definition) is 12. The van der Waals surface area contributed by atoms with Crippen molar-refractivity contribution in [3.63, 3.8) is 0 Å². The number of aliphatic hydroxyl groups is 4. The van der Waals surface area contributed by atoms with E-state index in [-0.39, 0.29) is 76.0 Å². The van der Waals surface area contributed by atoms with Crippen LogP contribution in [0.25, 0.3) is 10.8 Å². The molecule has 2 aliphatic carbocycles. The summed E-state index contributed by atoms with van der Waals surface area (Å²) in [6.45, 7) is 5.38. The summed E-state index contributed by atoms with van der Waals surface area (Å²) in [7, 11) is 0. The predicted molar refractivity (Wildman–Crippen MR) is 176 cm³/mol. The number of ketones is 1. The SMILES string of the molecule is CC(=O)c1c(C)c(O)c2cc(C(=O)O)cc(O[C@@H]3O[C@H](CO)[C@]4(C[C@@H]5C6=C(CC=C6[C@]6(CCO)COCC[C@H]6[C@H]5C)CO4)[C@H](O)[C@H]3O)c2c1O. The molecule has 9 atom stereocenters. The highest BCUT2D eigenvalue weighted by Gasteiger charge is 2.63. The van der Waals surface area contributed by atoms with E-state index in [1.807, 2.05) is 0 Å². The number of carboxylic acid groups (broad SMARTS) is 1. The van der Waals surface area contributed by atoms with Gasteiger partial charge in [0.15, 0.2) is 5.78 Å². The van der Waals surface area contributed by atoms with Crippen LogP contribution in [0.4, 0.5) is 0 Å². The van der Waals surface area contributed by atoms with Crippen LogP contribution in [-0.4, -0.2) is 111 Å². The summed E-state index contributed by atoms with van der Waals surface area (Å²) in [5.41, 5.74) is 0.911. The van der Waals surface area contributed by atoms with E-state index in [1.165, 1.54) is 13.8 Å². The molecule has 3 fully saturated rings. The number of benzene rings is 2. The molecule has 2 aromatic rings. The lowest BCUT2D eigenvalue weighted by molar-refractivity contribution is -0.325. The van der Waals surface area contributed by atoms with Crippen molar-refractivity contribution in [2.45, 2.75) is 76.7 Å². The van der Waals surface area contributed by atoms with Crippen molar-refractivity contribution in [3.8, 4) is 17.2 Å². The molecule has 0 amide bonds. The second-order valence-electron chi connectivity index (χ2n) is 14.5. The Kier molecular flexibility index (Phi) is 8.78. The zero-order valence-corrected chi connectivity index (χ0v) is 28.2. The second-order valence-corrected chi connectivity index (χ2v) is 14.5. The highest BCUT2D eigenvalue weighted by Crippen LogP contribution is 2.63. The number of phenolic OH excluding ortho intramolecular Hbond substituents is 2. The molecule has 270 valence electrons. The van der Waals surface area contributed by atoms with Gasteiger partial charge in [-0.15, -0.1) is 0 Å². The summed E-state index contributed by atoms with van der Waals surface area (Å²) >= 11 is 0. The fourth-order valence-corrected chi connectivity index (χ4v) is 9.80. The number of fused-ring (bicyclic) bond motifs is 3. The third-order valence-electron chi connectivity index (χ3n) is 12.2. The maximum atomic E-state index is 12.5. The topological polar surface area (TPSA) is 213 Å². The Morgan fingerprint density at radius 3 is 2.56 bits per heavy atom. The van der Waals surface area contributed by atoms with Crippen molar-refractivity contribution in [3.05, 3.63) is 51.6 Å². The summed E-state index contributed by atoms with van der Waals surface area (Å²) in [6, 6.07) is 2.19. The van der Waals surface area contributed by atoms with Crippen molar-refractivity contribution in [1.29, 1.82) is 0 Å². The van der Waals surface area contributed by atoms with Gasteiger partial charge in [-0.05, 0) is 86.1 Å². The molecule has 2 aromatic carbocycles. The highest BCUT2D eigenvalue weighted by atomic mass is 16.7. The number of aromatic hydroxyl groups is 2. The van der Waals surface area contributed by atoms with Crippen molar-refractivity contribution in [2.24, 2.45) is 23.2 Å². The lowest BCUT2D eigenvalue weighted by atomic mass is 9.51. The first-order valence-electron chi connectivity index (χ1n) is 17.1. The molecule has 13 nitrogen and oxygen atoms in total. The molecule has 3 heterocycles. The van der Waals surface area contributed by atoms with Gasteiger partial charge in [0.2, 0.25) is 6.29 Å². The Balaban J connectivity index is 1.26. The molecule has 2 saturated heterocycles. The number of aliphatic hydroxyl groups excluding tert-OH is 4. The highest BCUT2D eigenvalue weighted by molar-refractivity contribution is 6.11. The lowest BCUT2D eigenvalue weighted by Crippen LogP contribution is -2.69. The van der Waals surface area contributed by atoms with Crippen molar-refractivity contribution < 1.29 is 64.3 Å². The molecule has 7 rings (SSSR count). The minimum atomic E-state index is -1.78. The number of hydrogen-bond donors (Lipinski definition) is 7. The number of aromatic carboxylic acids is 1. The van der Waals surface area contributed by atoms with Gasteiger partial charge in [0.1, 0.15) is 41.2 Å². The van der Waals surface area contributed by atoms with Crippen LogP contribution in [0, 0.1) is 30.1 Å². The van der Waals surface area contributed by atoms with Gasteiger partial charge < -0.3 is 54.7 Å². The summed E-state index contributed by atoms with van der Waals surface area (Å²) < 4.78 is 24.8. The number of rotatable bonds is 7. The second kappa shape index (κ2) is 12.6. The molecule has 0 unspecified atom stereocenters. The zero-order valence-electron chi connectivity index (χ0n) is 28.2. The largest absolute Gasteiger partial charge is 0.507 e. The molecule has 3 aliphatic heterocycles. The average molecular weight is 697 g/mol. The molecule has 7 N–H and O–H groups in total. The van der Waals surface area contributed by atoms with Crippen LogP contribution in [0.2, 0.25) is 0 Å². The maximum absolute atomic E-state index is 12.5. The van der Waals surface area contributed by atoms with Crippen LogP contribution in [0.1, 0.15) is 65.8 Å². The number of carbonyl (C=O) groups is 2. The molecular weight excluding hydrogens is 652 g/mol. The number of carboxylic acids is 1. The van der Waals surface area contributed by atoms with Crippen LogP contribution >= 0.6 is 0 Å². The Bertz CT molecular complexity index is 1810. The first kappa shape index (κ1) is 34.9. The first-order chi connectivity index (χ1) is 23.8. The normalized spacial score (nSPS) is 35.0. The summed E-state index contributed by atoms with van der Waals surface area (Å²) in [6.07, 6.45) is -1.94. The fraction of sp³-hybridized carbons (Fsp3) is 0.568. The number of carbonyl (C=O) groups excluding carboxylic acids is 1. The van der Waals surface area contributed by atoms with E-state index < -0.39 is 60.1 Å². The molecule has 0 aromatic heterocycles. The lowest BCUT2D eigenvalue weighted by Gasteiger charge is -2.57. The third-order valence-corrected chi connectivity index (χ3v) is 12.2. The molecule has 1 saturated carbocycles. The van der Waals surface area contributed by atoms with Gasteiger partial charge in [0.25, 0.3) is 0 Å². The zero-order chi connectivity index (χ0) is 35.9. The molecule has 0 bridgehead atoms. The maximum Gasteiger partial charge on any atom is 0.335 e. The van der Waals surface area contributed by atoms with Gasteiger partial charge in [-0.2, -0.15) is 0 Å². The van der Waals surface area contributed by atoms with Crippen molar-refractivity contribution in [1.82, 2.24) is 0 Å². The van der Waals surface area contributed by atoms with Crippen LogP contribution in [-0.2, 0) is 14.2 Å². The van der Waals surface area contributed by atoms with Crippen LogP contribution < -0.4 is 4.74 Å². The smallest absolute Gasteiger partial charge is 0.335 e. The molecule has 5 aliphatic rings. The average Bonchev–Trinajstić information content (AvgIpc) is 3.44. The Labute approximate surface area is 288 Å².